The highest BCUT2D eigenvalue weighted by atomic mass is 35.5. The van der Waals surface area contributed by atoms with Crippen LogP contribution >= 0.6 is 22.9 Å². The van der Waals surface area contributed by atoms with E-state index in [2.05, 4.69) is 15.6 Å². The fourth-order valence-electron chi connectivity index (χ4n) is 3.16. The predicted molar refractivity (Wildman–Crippen MR) is 123 cm³/mol. The van der Waals surface area contributed by atoms with Crippen LogP contribution in [0.1, 0.15) is 31.2 Å². The van der Waals surface area contributed by atoms with Crippen molar-refractivity contribution in [2.75, 3.05) is 5.32 Å². The van der Waals surface area contributed by atoms with Crippen LogP contribution in [0.4, 0.5) is 13.8 Å². The number of hydrogen-bond donors (Lipinski definition) is 2. The van der Waals surface area contributed by atoms with Crippen LogP contribution in [0.15, 0.2) is 61.2 Å². The molecule has 2 aromatic carbocycles. The third-order valence-electron chi connectivity index (χ3n) is 4.78. The Morgan fingerprint density at radius 3 is 2.64 bits per heavy atom. The van der Waals surface area contributed by atoms with Crippen molar-refractivity contribution in [3.8, 4) is 5.69 Å². The van der Waals surface area contributed by atoms with Crippen LogP contribution in [-0.4, -0.2) is 21.4 Å². The van der Waals surface area contributed by atoms with Gasteiger partial charge in [0.25, 0.3) is 11.8 Å². The number of anilines is 1. The molecule has 0 fully saturated rings. The molecule has 2 heterocycles. The number of carbonyl (C=O) groups is 2. The van der Waals surface area contributed by atoms with Crippen LogP contribution in [0.25, 0.3) is 5.69 Å². The number of thiophene rings is 1. The van der Waals surface area contributed by atoms with E-state index >= 15 is 0 Å². The second-order valence-corrected chi connectivity index (χ2v) is 8.60. The second-order valence-electron chi connectivity index (χ2n) is 7.14. The van der Waals surface area contributed by atoms with Gasteiger partial charge in [0.15, 0.2) is 0 Å². The monoisotopic (exact) mass is 486 g/mol. The van der Waals surface area contributed by atoms with Crippen LogP contribution in [0, 0.1) is 18.6 Å². The van der Waals surface area contributed by atoms with E-state index < -0.39 is 17.5 Å². The summed E-state index contributed by atoms with van der Waals surface area (Å²) in [5.41, 5.74) is 1.74. The van der Waals surface area contributed by atoms with Crippen LogP contribution in [-0.2, 0) is 6.54 Å². The summed E-state index contributed by atoms with van der Waals surface area (Å²) < 4.78 is 29.2. The summed E-state index contributed by atoms with van der Waals surface area (Å²) in [5.74, 6) is -1.84. The molecule has 0 aliphatic rings. The molecule has 0 aliphatic heterocycles. The number of aryl methyl sites for hydroxylation is 1. The Hall–Kier alpha value is -3.56. The lowest BCUT2D eigenvalue weighted by molar-refractivity contribution is 0.0953. The molecule has 6 nitrogen and oxygen atoms in total. The third kappa shape index (κ3) is 5.10. The Labute approximate surface area is 196 Å². The predicted octanol–water partition coefficient (Wildman–Crippen LogP) is 5.36. The van der Waals surface area contributed by atoms with Gasteiger partial charge in [-0.15, -0.1) is 11.3 Å². The van der Waals surface area contributed by atoms with Crippen LogP contribution in [0.2, 0.25) is 5.02 Å². The summed E-state index contributed by atoms with van der Waals surface area (Å²) >= 11 is 7.03. The van der Waals surface area contributed by atoms with Gasteiger partial charge in [-0.3, -0.25) is 9.59 Å². The van der Waals surface area contributed by atoms with Gasteiger partial charge >= 0.3 is 0 Å². The largest absolute Gasteiger partial charge is 0.347 e. The lowest BCUT2D eigenvalue weighted by Crippen LogP contribution is -2.22. The van der Waals surface area contributed by atoms with E-state index in [4.69, 9.17) is 11.6 Å². The standard InChI is InChI=1S/C23H17ClF2N4O2S/c1-13-8-20(29-22(31)16-4-3-15(25)10-17(16)24)33-21(13)23(32)28-11-14-2-5-19(18(26)9-14)30-7-6-27-12-30/h2-10,12H,11H2,1H3,(H,28,32)(H,29,31). The van der Waals surface area contributed by atoms with Crippen LogP contribution in [0.3, 0.4) is 0 Å². The summed E-state index contributed by atoms with van der Waals surface area (Å²) in [6.07, 6.45) is 4.70. The van der Waals surface area contributed by atoms with E-state index in [1.54, 1.807) is 42.1 Å². The van der Waals surface area contributed by atoms with E-state index in [0.717, 1.165) is 23.5 Å². The molecule has 2 amide bonds. The summed E-state index contributed by atoms with van der Waals surface area (Å²) in [4.78, 5) is 29.4. The number of nitrogens with zero attached hydrogens (tertiary/aromatic N) is 2. The van der Waals surface area contributed by atoms with Gasteiger partial charge in [0.2, 0.25) is 0 Å². The van der Waals surface area contributed by atoms with Gasteiger partial charge in [0.05, 0.1) is 32.5 Å². The van der Waals surface area contributed by atoms with Gasteiger partial charge in [0, 0.05) is 18.9 Å². The van der Waals surface area contributed by atoms with Gasteiger partial charge in [-0.05, 0) is 54.4 Å². The molecule has 10 heteroatoms. The Balaban J connectivity index is 1.41. The van der Waals surface area contributed by atoms with Crippen molar-refractivity contribution in [1.29, 1.82) is 0 Å². The van der Waals surface area contributed by atoms with Crippen molar-refractivity contribution in [1.82, 2.24) is 14.9 Å². The summed E-state index contributed by atoms with van der Waals surface area (Å²) in [7, 11) is 0. The molecule has 0 atom stereocenters. The number of nitrogens with one attached hydrogen (secondary N) is 2. The maximum atomic E-state index is 14.4. The van der Waals surface area contributed by atoms with Crippen molar-refractivity contribution in [2.24, 2.45) is 0 Å². The lowest BCUT2D eigenvalue weighted by atomic mass is 10.2. The molecule has 4 rings (SSSR count). The van der Waals surface area contributed by atoms with Crippen molar-refractivity contribution in [3.05, 3.63) is 99.4 Å². The topological polar surface area (TPSA) is 76.0 Å². The average molecular weight is 487 g/mol. The Morgan fingerprint density at radius 1 is 1.12 bits per heavy atom. The van der Waals surface area contributed by atoms with Gasteiger partial charge in [-0.25, -0.2) is 13.8 Å². The van der Waals surface area contributed by atoms with Gasteiger partial charge < -0.3 is 15.2 Å². The van der Waals surface area contributed by atoms with Crippen LogP contribution < -0.4 is 10.6 Å². The molecular weight excluding hydrogens is 470 g/mol. The molecule has 0 spiro atoms. The first-order chi connectivity index (χ1) is 15.8. The zero-order valence-corrected chi connectivity index (χ0v) is 18.8. The van der Waals surface area contributed by atoms with Crippen molar-refractivity contribution >= 4 is 39.8 Å². The third-order valence-corrected chi connectivity index (χ3v) is 6.25. The minimum absolute atomic E-state index is 0.00923. The highest BCUT2D eigenvalue weighted by Crippen LogP contribution is 2.28. The molecule has 0 aliphatic carbocycles. The quantitative estimate of drug-likeness (QED) is 0.385. The van der Waals surface area contributed by atoms with Gasteiger partial charge in [-0.1, -0.05) is 17.7 Å². The van der Waals surface area contributed by atoms with E-state index in [1.165, 1.54) is 18.5 Å². The molecule has 2 N–H and O–H groups in total. The molecule has 2 aromatic heterocycles. The van der Waals surface area contributed by atoms with E-state index in [0.29, 0.717) is 26.7 Å². The zero-order valence-electron chi connectivity index (χ0n) is 17.2. The fourth-order valence-corrected chi connectivity index (χ4v) is 4.39. The van der Waals surface area contributed by atoms with Crippen molar-refractivity contribution in [2.45, 2.75) is 13.5 Å². The summed E-state index contributed by atoms with van der Waals surface area (Å²) in [6, 6.07) is 9.84. The second kappa shape index (κ2) is 9.51. The number of aromatic nitrogens is 2. The van der Waals surface area contributed by atoms with Gasteiger partial charge in [0.1, 0.15) is 11.6 Å². The molecule has 4 aromatic rings. The lowest BCUT2D eigenvalue weighted by Gasteiger charge is -2.08. The number of carbonyl (C=O) groups excluding carboxylic acids is 2. The smallest absolute Gasteiger partial charge is 0.261 e. The zero-order chi connectivity index (χ0) is 23.5. The number of halogens is 3. The molecule has 0 saturated heterocycles. The molecular formula is C23H17ClF2N4O2S. The molecule has 0 bridgehead atoms. The fraction of sp³-hybridized carbons (Fsp3) is 0.0870. The SMILES string of the molecule is Cc1cc(NC(=O)c2ccc(F)cc2Cl)sc1C(=O)NCc1ccc(-n2ccnc2)c(F)c1. The molecule has 168 valence electrons. The Kier molecular flexibility index (Phi) is 6.52. The molecule has 0 unspecified atom stereocenters. The summed E-state index contributed by atoms with van der Waals surface area (Å²) in [5, 5.41) is 5.87. The van der Waals surface area contributed by atoms with Crippen molar-refractivity contribution in [3.63, 3.8) is 0 Å². The average Bonchev–Trinajstić information content (AvgIpc) is 3.42. The molecule has 33 heavy (non-hydrogen) atoms. The first-order valence-corrected chi connectivity index (χ1v) is 10.9. The highest BCUT2D eigenvalue weighted by Gasteiger charge is 2.17. The minimum Gasteiger partial charge on any atom is -0.347 e. The van der Waals surface area contributed by atoms with Gasteiger partial charge in [-0.2, -0.15) is 0 Å². The van der Waals surface area contributed by atoms with E-state index in [-0.39, 0.29) is 23.0 Å². The summed E-state index contributed by atoms with van der Waals surface area (Å²) in [6.45, 7) is 1.87. The maximum Gasteiger partial charge on any atom is 0.261 e. The number of hydrogen-bond acceptors (Lipinski definition) is 4. The number of amides is 2. The van der Waals surface area contributed by atoms with Crippen LogP contribution in [0.5, 0.6) is 0 Å². The minimum atomic E-state index is -0.543. The first-order valence-electron chi connectivity index (χ1n) is 9.73. The number of rotatable bonds is 6. The molecule has 0 radical (unpaired) electrons. The Bertz CT molecular complexity index is 1340. The first kappa shape index (κ1) is 22.6. The van der Waals surface area contributed by atoms with E-state index in [9.17, 15) is 18.4 Å². The number of benzene rings is 2. The Morgan fingerprint density at radius 2 is 1.94 bits per heavy atom. The number of imidazole rings is 1. The van der Waals surface area contributed by atoms with Crippen molar-refractivity contribution < 1.29 is 18.4 Å². The molecule has 0 saturated carbocycles. The van der Waals surface area contributed by atoms with E-state index in [1.807, 2.05) is 0 Å². The highest BCUT2D eigenvalue weighted by molar-refractivity contribution is 7.18. The normalized spacial score (nSPS) is 10.8. The maximum absolute atomic E-state index is 14.4.